The Balaban J connectivity index is 1.45. The van der Waals surface area contributed by atoms with Gasteiger partial charge in [-0.15, -0.1) is 0 Å². The lowest BCUT2D eigenvalue weighted by Crippen LogP contribution is -2.00. The summed E-state index contributed by atoms with van der Waals surface area (Å²) in [6.07, 6.45) is 0. The number of benzene rings is 3. The van der Waals surface area contributed by atoms with E-state index in [9.17, 15) is 9.90 Å². The number of aromatic amines is 1. The maximum absolute atomic E-state index is 11.4. The van der Waals surface area contributed by atoms with Gasteiger partial charge in [-0.1, -0.05) is 47.1 Å². The SMILES string of the molecule is Cc1nc(-c2ccc(-c3cc4nc(Oc5ccc(C)c(C(=O)O)c5)[nH]c4cc3Cl)cc2)no1. The Morgan fingerprint density at radius 2 is 1.79 bits per heavy atom. The smallest absolute Gasteiger partial charge is 0.336 e. The third kappa shape index (κ3) is 4.04. The molecule has 5 aromatic rings. The van der Waals surface area contributed by atoms with Gasteiger partial charge in [0.25, 0.3) is 6.01 Å². The molecule has 0 aliphatic heterocycles. The van der Waals surface area contributed by atoms with E-state index in [-0.39, 0.29) is 11.6 Å². The van der Waals surface area contributed by atoms with Crippen LogP contribution in [0.4, 0.5) is 0 Å². The number of aryl methyl sites for hydroxylation is 2. The molecule has 0 aliphatic carbocycles. The number of halogens is 1. The van der Waals surface area contributed by atoms with Crippen LogP contribution in [0.1, 0.15) is 21.8 Å². The van der Waals surface area contributed by atoms with Crippen LogP contribution in [0.3, 0.4) is 0 Å². The number of hydrogen-bond acceptors (Lipinski definition) is 6. The van der Waals surface area contributed by atoms with Gasteiger partial charge in [-0.05, 0) is 42.3 Å². The lowest BCUT2D eigenvalue weighted by molar-refractivity contribution is 0.0695. The van der Waals surface area contributed by atoms with Gasteiger partial charge in [-0.25, -0.2) is 4.79 Å². The monoisotopic (exact) mass is 460 g/mol. The molecule has 33 heavy (non-hydrogen) atoms. The second-order valence-electron chi connectivity index (χ2n) is 7.49. The van der Waals surface area contributed by atoms with Crippen molar-refractivity contribution in [3.8, 4) is 34.3 Å². The van der Waals surface area contributed by atoms with Crippen molar-refractivity contribution in [2.45, 2.75) is 13.8 Å². The van der Waals surface area contributed by atoms with Crippen molar-refractivity contribution in [3.05, 3.63) is 76.6 Å². The minimum Gasteiger partial charge on any atom is -0.478 e. The van der Waals surface area contributed by atoms with Crippen LogP contribution in [0.25, 0.3) is 33.5 Å². The molecule has 0 radical (unpaired) electrons. The number of nitrogens with one attached hydrogen (secondary N) is 1. The molecule has 0 fully saturated rings. The molecule has 0 saturated heterocycles. The molecule has 8 nitrogen and oxygen atoms in total. The van der Waals surface area contributed by atoms with Crippen LogP contribution in [-0.4, -0.2) is 31.2 Å². The Kier molecular flexibility index (Phi) is 5.07. The molecule has 3 aromatic carbocycles. The van der Waals surface area contributed by atoms with Gasteiger partial charge >= 0.3 is 5.97 Å². The Morgan fingerprint density at radius 1 is 1.03 bits per heavy atom. The largest absolute Gasteiger partial charge is 0.478 e. The fraction of sp³-hybridized carbons (Fsp3) is 0.0833. The zero-order valence-electron chi connectivity index (χ0n) is 17.6. The number of carboxylic acids is 1. The molecule has 0 aliphatic rings. The number of imidazole rings is 1. The quantitative estimate of drug-likeness (QED) is 0.328. The zero-order valence-corrected chi connectivity index (χ0v) is 18.3. The van der Waals surface area contributed by atoms with Crippen LogP contribution in [0, 0.1) is 13.8 Å². The van der Waals surface area contributed by atoms with E-state index in [0.29, 0.717) is 39.1 Å². The second-order valence-corrected chi connectivity index (χ2v) is 7.90. The summed E-state index contributed by atoms with van der Waals surface area (Å²) in [6.45, 7) is 3.47. The van der Waals surface area contributed by atoms with Crippen molar-refractivity contribution >= 4 is 28.6 Å². The number of aromatic nitrogens is 4. The van der Waals surface area contributed by atoms with Gasteiger partial charge in [0, 0.05) is 18.1 Å². The summed E-state index contributed by atoms with van der Waals surface area (Å²) in [7, 11) is 0. The van der Waals surface area contributed by atoms with Crippen LogP contribution in [0.15, 0.2) is 59.1 Å². The van der Waals surface area contributed by atoms with Gasteiger partial charge in [0.15, 0.2) is 0 Å². The minimum atomic E-state index is -1.01. The lowest BCUT2D eigenvalue weighted by atomic mass is 10.0. The molecule has 0 spiro atoms. The highest BCUT2D eigenvalue weighted by atomic mass is 35.5. The topological polar surface area (TPSA) is 114 Å². The Labute approximate surface area is 192 Å². The number of fused-ring (bicyclic) bond motifs is 1. The molecule has 5 rings (SSSR count). The molecule has 164 valence electrons. The molecule has 0 saturated carbocycles. The molecule has 0 bridgehead atoms. The summed E-state index contributed by atoms with van der Waals surface area (Å²) in [6, 6.07) is 16.4. The number of rotatable bonds is 5. The molecular formula is C24H17ClN4O4. The molecule has 0 atom stereocenters. The Bertz CT molecular complexity index is 1510. The van der Waals surface area contributed by atoms with E-state index in [1.807, 2.05) is 30.3 Å². The maximum Gasteiger partial charge on any atom is 0.336 e. The van der Waals surface area contributed by atoms with E-state index >= 15 is 0 Å². The summed E-state index contributed by atoms with van der Waals surface area (Å²) in [5, 5.41) is 13.8. The van der Waals surface area contributed by atoms with Gasteiger partial charge in [-0.2, -0.15) is 9.97 Å². The van der Waals surface area contributed by atoms with E-state index in [1.165, 1.54) is 6.07 Å². The normalized spacial score (nSPS) is 11.1. The number of H-pyrrole nitrogens is 1. The van der Waals surface area contributed by atoms with Crippen molar-refractivity contribution in [3.63, 3.8) is 0 Å². The summed E-state index contributed by atoms with van der Waals surface area (Å²) >= 11 is 6.55. The lowest BCUT2D eigenvalue weighted by Gasteiger charge is -2.05. The maximum atomic E-state index is 11.4. The highest BCUT2D eigenvalue weighted by molar-refractivity contribution is 6.34. The predicted molar refractivity (Wildman–Crippen MR) is 123 cm³/mol. The van der Waals surface area contributed by atoms with Crippen molar-refractivity contribution in [2.24, 2.45) is 0 Å². The van der Waals surface area contributed by atoms with E-state index in [0.717, 1.165) is 16.7 Å². The van der Waals surface area contributed by atoms with Gasteiger partial charge in [0.1, 0.15) is 5.75 Å². The van der Waals surface area contributed by atoms with Crippen molar-refractivity contribution in [2.75, 3.05) is 0 Å². The molecule has 2 aromatic heterocycles. The first-order chi connectivity index (χ1) is 15.9. The van der Waals surface area contributed by atoms with Crippen molar-refractivity contribution in [1.82, 2.24) is 20.1 Å². The zero-order chi connectivity index (χ0) is 23.1. The van der Waals surface area contributed by atoms with Crippen molar-refractivity contribution in [1.29, 1.82) is 0 Å². The van der Waals surface area contributed by atoms with Crippen LogP contribution in [-0.2, 0) is 0 Å². The van der Waals surface area contributed by atoms with Crippen molar-refractivity contribution < 1.29 is 19.2 Å². The van der Waals surface area contributed by atoms with E-state index in [2.05, 4.69) is 20.1 Å². The fourth-order valence-corrected chi connectivity index (χ4v) is 3.77. The number of carboxylic acid groups (broad SMARTS) is 1. The van der Waals surface area contributed by atoms with Gasteiger partial charge < -0.3 is 19.4 Å². The standard InChI is InChI=1S/C24H17ClN4O4/c1-12-3-8-16(9-17(12)23(30)31)32-24-27-20-10-18(19(25)11-21(20)28-24)14-4-6-15(7-5-14)22-26-13(2)33-29-22/h3-11H,1-2H3,(H,27,28)(H,30,31). The number of aromatic carboxylic acids is 1. The number of hydrogen-bond donors (Lipinski definition) is 2. The number of nitrogens with zero attached hydrogens (tertiary/aromatic N) is 3. The molecule has 0 unspecified atom stereocenters. The van der Waals surface area contributed by atoms with E-state index in [4.69, 9.17) is 20.9 Å². The summed E-state index contributed by atoms with van der Waals surface area (Å²) in [5.41, 5.74) is 4.73. The van der Waals surface area contributed by atoms with E-state index < -0.39 is 5.97 Å². The Hall–Kier alpha value is -4.17. The first-order valence-electron chi connectivity index (χ1n) is 9.99. The third-order valence-corrected chi connectivity index (χ3v) is 5.50. The molecule has 0 amide bonds. The van der Waals surface area contributed by atoms with Crippen LogP contribution in [0.2, 0.25) is 5.02 Å². The highest BCUT2D eigenvalue weighted by Crippen LogP contribution is 2.34. The number of ether oxygens (including phenoxy) is 1. The van der Waals surface area contributed by atoms with Gasteiger partial charge in [0.2, 0.25) is 11.7 Å². The first-order valence-corrected chi connectivity index (χ1v) is 10.4. The fourth-order valence-electron chi connectivity index (χ4n) is 3.50. The van der Waals surface area contributed by atoms with E-state index in [1.54, 1.807) is 32.0 Å². The van der Waals surface area contributed by atoms with Gasteiger partial charge in [0.05, 0.1) is 21.6 Å². The summed E-state index contributed by atoms with van der Waals surface area (Å²) in [4.78, 5) is 23.2. The predicted octanol–water partition coefficient (Wildman–Crippen LogP) is 6.04. The van der Waals surface area contributed by atoms with Crippen LogP contribution >= 0.6 is 11.6 Å². The van der Waals surface area contributed by atoms with Crippen LogP contribution in [0.5, 0.6) is 11.8 Å². The summed E-state index contributed by atoms with van der Waals surface area (Å²) in [5.74, 6) is 0.385. The number of carbonyl (C=O) groups is 1. The molecule has 2 N–H and O–H groups in total. The highest BCUT2D eigenvalue weighted by Gasteiger charge is 2.14. The average molecular weight is 461 g/mol. The Morgan fingerprint density at radius 3 is 2.48 bits per heavy atom. The molecule has 2 heterocycles. The average Bonchev–Trinajstić information content (AvgIpc) is 3.39. The first kappa shape index (κ1) is 20.7. The second kappa shape index (κ2) is 8.07. The van der Waals surface area contributed by atoms with Crippen LogP contribution < -0.4 is 4.74 Å². The van der Waals surface area contributed by atoms with Gasteiger partial charge in [-0.3, -0.25) is 0 Å². The minimum absolute atomic E-state index is 0.174. The molecular weight excluding hydrogens is 444 g/mol. The third-order valence-electron chi connectivity index (χ3n) is 5.18. The summed E-state index contributed by atoms with van der Waals surface area (Å²) < 4.78 is 10.8. The molecule has 9 heteroatoms.